The summed E-state index contributed by atoms with van der Waals surface area (Å²) in [5.41, 5.74) is 4.52. The first-order valence-corrected chi connectivity index (χ1v) is 12.1. The molecule has 0 aromatic carbocycles. The summed E-state index contributed by atoms with van der Waals surface area (Å²) in [6, 6.07) is 0. The molecule has 5 nitrogen and oxygen atoms in total. The first-order chi connectivity index (χ1) is 12.5. The van der Waals surface area contributed by atoms with E-state index in [9.17, 15) is 9.36 Å². The highest BCUT2D eigenvalue weighted by molar-refractivity contribution is 7.55. The van der Waals surface area contributed by atoms with E-state index in [-0.39, 0.29) is 0 Å². The van der Waals surface area contributed by atoms with Crippen LogP contribution < -0.4 is 5.73 Å². The minimum absolute atomic E-state index is 0.465. The molecule has 6 heteroatoms. The van der Waals surface area contributed by atoms with E-state index in [1.54, 1.807) is 0 Å². The van der Waals surface area contributed by atoms with Gasteiger partial charge in [0.05, 0.1) is 0 Å². The summed E-state index contributed by atoms with van der Waals surface area (Å²) in [6.07, 6.45) is 18.3. The number of unbranched alkanes of at least 4 members (excludes halogenated alkanes) is 13. The lowest BCUT2D eigenvalue weighted by molar-refractivity contribution is -0.118. The van der Waals surface area contributed by atoms with Gasteiger partial charge < -0.3 is 14.8 Å². The Morgan fingerprint density at radius 2 is 1.12 bits per heavy atom. The molecular weight excluding hydrogens is 349 g/mol. The number of hydrogen-bond acceptors (Lipinski definition) is 4. The Balaban J connectivity index is 3.57. The Labute approximate surface area is 161 Å². The Bertz CT molecular complexity index is 382. The minimum Gasteiger partial charge on any atom is -0.369 e. The summed E-state index contributed by atoms with van der Waals surface area (Å²) in [4.78, 5) is 11.5. The van der Waals surface area contributed by atoms with Crippen molar-refractivity contribution in [3.63, 3.8) is 0 Å². The van der Waals surface area contributed by atoms with Gasteiger partial charge in [-0.15, -0.1) is 0 Å². The van der Waals surface area contributed by atoms with Gasteiger partial charge in [0.25, 0.3) is 0 Å². The molecule has 1 atom stereocenters. The number of primary amides is 1. The first-order valence-electron chi connectivity index (χ1n) is 10.5. The molecule has 0 aliphatic carbocycles. The Hall–Kier alpha value is -0.380. The van der Waals surface area contributed by atoms with Gasteiger partial charge in [-0.3, -0.25) is 9.36 Å². The maximum absolute atomic E-state index is 12.3. The molecule has 0 aromatic rings. The van der Waals surface area contributed by atoms with E-state index in [0.717, 1.165) is 19.3 Å². The van der Waals surface area contributed by atoms with E-state index in [0.29, 0.717) is 6.42 Å². The van der Waals surface area contributed by atoms with Gasteiger partial charge in [0, 0.05) is 14.2 Å². The highest BCUT2D eigenvalue weighted by Crippen LogP contribution is 2.53. The van der Waals surface area contributed by atoms with Crippen LogP contribution in [0.4, 0.5) is 0 Å². The van der Waals surface area contributed by atoms with Gasteiger partial charge in [-0.05, 0) is 6.42 Å². The van der Waals surface area contributed by atoms with Crippen LogP contribution in [0.3, 0.4) is 0 Å². The van der Waals surface area contributed by atoms with Gasteiger partial charge in [-0.2, -0.15) is 0 Å². The summed E-state index contributed by atoms with van der Waals surface area (Å²) in [6.45, 7) is 2.26. The van der Waals surface area contributed by atoms with Crippen LogP contribution in [0.1, 0.15) is 103 Å². The lowest BCUT2D eigenvalue weighted by atomic mass is 10.0. The third kappa shape index (κ3) is 12.1. The number of carbonyl (C=O) groups is 1. The van der Waals surface area contributed by atoms with Crippen LogP contribution in [0, 0.1) is 0 Å². The van der Waals surface area contributed by atoms with Crippen molar-refractivity contribution in [2.45, 2.75) is 109 Å². The third-order valence-electron chi connectivity index (χ3n) is 5.05. The maximum Gasteiger partial charge on any atom is 0.342 e. The zero-order chi connectivity index (χ0) is 19.7. The molecule has 156 valence electrons. The number of carbonyl (C=O) groups excluding carboxylic acids is 1. The molecule has 0 heterocycles. The van der Waals surface area contributed by atoms with Crippen LogP contribution in [-0.4, -0.2) is 25.8 Å². The molecule has 0 bridgehead atoms. The summed E-state index contributed by atoms with van der Waals surface area (Å²) in [5.74, 6) is -0.605. The molecule has 2 N–H and O–H groups in total. The molecule has 0 saturated carbocycles. The van der Waals surface area contributed by atoms with Gasteiger partial charge in [-0.25, -0.2) is 0 Å². The van der Waals surface area contributed by atoms with Crippen LogP contribution in [-0.2, 0) is 18.4 Å². The van der Waals surface area contributed by atoms with Crippen molar-refractivity contribution in [3.05, 3.63) is 0 Å². The first kappa shape index (κ1) is 25.6. The van der Waals surface area contributed by atoms with Crippen molar-refractivity contribution in [1.82, 2.24) is 0 Å². The lowest BCUT2D eigenvalue weighted by Crippen LogP contribution is -2.29. The van der Waals surface area contributed by atoms with E-state index in [1.807, 2.05) is 0 Å². The predicted molar refractivity (Wildman–Crippen MR) is 110 cm³/mol. The molecule has 26 heavy (non-hydrogen) atoms. The molecule has 0 aromatic heterocycles. The van der Waals surface area contributed by atoms with Gasteiger partial charge in [0.1, 0.15) is 5.66 Å². The number of amides is 1. The third-order valence-corrected chi connectivity index (χ3v) is 7.34. The van der Waals surface area contributed by atoms with Crippen molar-refractivity contribution in [2.75, 3.05) is 14.2 Å². The highest BCUT2D eigenvalue weighted by Gasteiger charge is 2.37. The monoisotopic (exact) mass is 391 g/mol. The van der Waals surface area contributed by atoms with Crippen LogP contribution >= 0.6 is 7.60 Å². The molecule has 1 unspecified atom stereocenters. The van der Waals surface area contributed by atoms with Crippen molar-refractivity contribution in [3.8, 4) is 0 Å². The lowest BCUT2D eigenvalue weighted by Gasteiger charge is -2.21. The van der Waals surface area contributed by atoms with E-state index < -0.39 is 19.2 Å². The molecule has 0 aliphatic rings. The standard InChI is InChI=1S/C20H42NO4P/c1-4-5-6-7-8-9-10-11-12-13-14-15-16-17-18-19(20(21)22)26(23,24-2)25-3/h19H,4-18H2,1-3H3,(H2,21,22). The van der Waals surface area contributed by atoms with Gasteiger partial charge >= 0.3 is 7.60 Å². The quantitative estimate of drug-likeness (QED) is 0.210. The van der Waals surface area contributed by atoms with Crippen LogP contribution in [0.2, 0.25) is 0 Å². The normalized spacial score (nSPS) is 13.0. The smallest absolute Gasteiger partial charge is 0.342 e. The summed E-state index contributed by atoms with van der Waals surface area (Å²) in [5, 5.41) is 0. The SMILES string of the molecule is CCCCCCCCCCCCCCCCC(C(N)=O)P(=O)(OC)OC. The second-order valence-corrected chi connectivity index (χ2v) is 9.64. The van der Waals surface area contributed by atoms with Crippen LogP contribution in [0.5, 0.6) is 0 Å². The summed E-state index contributed by atoms with van der Waals surface area (Å²) in [7, 11) is -0.814. The number of rotatable bonds is 19. The molecule has 0 aliphatic heterocycles. The van der Waals surface area contributed by atoms with E-state index in [4.69, 9.17) is 14.8 Å². The zero-order valence-electron chi connectivity index (χ0n) is 17.3. The topological polar surface area (TPSA) is 78.6 Å². The second kappa shape index (κ2) is 16.8. The second-order valence-electron chi connectivity index (χ2n) is 7.21. The minimum atomic E-state index is -3.41. The largest absolute Gasteiger partial charge is 0.369 e. The van der Waals surface area contributed by atoms with E-state index in [1.165, 1.54) is 84.8 Å². The average molecular weight is 392 g/mol. The van der Waals surface area contributed by atoms with Gasteiger partial charge in [0.2, 0.25) is 5.91 Å². The zero-order valence-corrected chi connectivity index (χ0v) is 18.2. The van der Waals surface area contributed by atoms with E-state index >= 15 is 0 Å². The fourth-order valence-corrected chi connectivity index (χ4v) is 4.79. The average Bonchev–Trinajstić information content (AvgIpc) is 2.64. The van der Waals surface area contributed by atoms with Crippen molar-refractivity contribution in [2.24, 2.45) is 5.73 Å². The van der Waals surface area contributed by atoms with Crippen molar-refractivity contribution in [1.29, 1.82) is 0 Å². The van der Waals surface area contributed by atoms with Crippen molar-refractivity contribution < 1.29 is 18.4 Å². The van der Waals surface area contributed by atoms with E-state index in [2.05, 4.69) is 6.92 Å². The van der Waals surface area contributed by atoms with Gasteiger partial charge in [-0.1, -0.05) is 96.8 Å². The molecule has 0 radical (unpaired) electrons. The summed E-state index contributed by atoms with van der Waals surface area (Å²) >= 11 is 0. The Morgan fingerprint density at radius 3 is 1.42 bits per heavy atom. The maximum atomic E-state index is 12.3. The predicted octanol–water partition coefficient (Wildman–Crippen LogP) is 6.20. The van der Waals surface area contributed by atoms with Crippen molar-refractivity contribution >= 4 is 13.5 Å². The van der Waals surface area contributed by atoms with Crippen LogP contribution in [0.25, 0.3) is 0 Å². The molecule has 0 rings (SSSR count). The number of hydrogen-bond donors (Lipinski definition) is 1. The highest BCUT2D eigenvalue weighted by atomic mass is 31.2. The fraction of sp³-hybridized carbons (Fsp3) is 0.950. The molecule has 0 spiro atoms. The Kier molecular flexibility index (Phi) is 16.5. The Morgan fingerprint density at radius 1 is 0.769 bits per heavy atom. The molecule has 0 saturated heterocycles. The fourth-order valence-electron chi connectivity index (χ4n) is 3.32. The summed E-state index contributed by atoms with van der Waals surface area (Å²) < 4.78 is 22.1. The van der Waals surface area contributed by atoms with Crippen LogP contribution in [0.15, 0.2) is 0 Å². The number of nitrogens with two attached hydrogens (primary N) is 1. The molecular formula is C20H42NO4P. The van der Waals surface area contributed by atoms with Gasteiger partial charge in [0.15, 0.2) is 0 Å². The molecule has 1 amide bonds. The molecule has 0 fully saturated rings.